The van der Waals surface area contributed by atoms with Gasteiger partial charge in [0.2, 0.25) is 6.10 Å². The summed E-state index contributed by atoms with van der Waals surface area (Å²) in [5, 5.41) is 15.0. The van der Waals surface area contributed by atoms with E-state index in [0.717, 1.165) is 22.4 Å². The Morgan fingerprint density at radius 2 is 1.90 bits per heavy atom. The highest BCUT2D eigenvalue weighted by atomic mass is 16.6. The molecule has 0 aliphatic carbocycles. The van der Waals surface area contributed by atoms with E-state index in [9.17, 15) is 9.59 Å². The van der Waals surface area contributed by atoms with Gasteiger partial charge in [-0.25, -0.2) is 4.79 Å². The highest BCUT2D eigenvalue weighted by Crippen LogP contribution is 2.23. The second kappa shape index (κ2) is 5.32. The smallest absolute Gasteiger partial charge is 0.353 e. The van der Waals surface area contributed by atoms with Crippen molar-refractivity contribution in [2.24, 2.45) is 5.16 Å². The highest BCUT2D eigenvalue weighted by molar-refractivity contribution is 6.36. The Balaban J connectivity index is 2.09. The first-order valence-electron chi connectivity index (χ1n) is 6.23. The highest BCUT2D eigenvalue weighted by Gasteiger charge is 2.31. The Hall–Kier alpha value is -2.37. The summed E-state index contributed by atoms with van der Waals surface area (Å²) < 4.78 is 0. The molecule has 1 aliphatic heterocycles. The van der Waals surface area contributed by atoms with Crippen molar-refractivity contribution >= 4 is 23.3 Å². The molecule has 1 aromatic carbocycles. The molecule has 0 bridgehead atoms. The van der Waals surface area contributed by atoms with Crippen LogP contribution in [0, 0.1) is 20.8 Å². The molecule has 0 spiro atoms. The number of aliphatic carboxylic acids is 1. The SMILES string of the molecule is Cc1cc(C)c(NC(=O)C2CC(C(=O)O)=NO2)c(C)c1. The summed E-state index contributed by atoms with van der Waals surface area (Å²) in [5.74, 6) is -1.55. The van der Waals surface area contributed by atoms with Crippen molar-refractivity contribution in [3.63, 3.8) is 0 Å². The zero-order valence-corrected chi connectivity index (χ0v) is 11.6. The molecule has 0 aromatic heterocycles. The molecule has 6 nitrogen and oxygen atoms in total. The predicted molar refractivity (Wildman–Crippen MR) is 73.8 cm³/mol. The molecule has 1 aromatic rings. The number of rotatable bonds is 3. The van der Waals surface area contributed by atoms with Gasteiger partial charge in [-0.05, 0) is 31.9 Å². The van der Waals surface area contributed by atoms with E-state index in [1.54, 1.807) is 0 Å². The topological polar surface area (TPSA) is 88.0 Å². The summed E-state index contributed by atoms with van der Waals surface area (Å²) in [7, 11) is 0. The van der Waals surface area contributed by atoms with Crippen molar-refractivity contribution in [2.75, 3.05) is 5.32 Å². The minimum Gasteiger partial charge on any atom is -0.477 e. The zero-order chi connectivity index (χ0) is 14.9. The van der Waals surface area contributed by atoms with Crippen LogP contribution >= 0.6 is 0 Å². The summed E-state index contributed by atoms with van der Waals surface area (Å²) in [5.41, 5.74) is 3.61. The molecule has 0 saturated carbocycles. The van der Waals surface area contributed by atoms with E-state index >= 15 is 0 Å². The van der Waals surface area contributed by atoms with Gasteiger partial charge < -0.3 is 15.3 Å². The number of hydrogen-bond donors (Lipinski definition) is 2. The largest absolute Gasteiger partial charge is 0.477 e. The van der Waals surface area contributed by atoms with Gasteiger partial charge in [-0.2, -0.15) is 0 Å². The second-order valence-corrected chi connectivity index (χ2v) is 4.90. The van der Waals surface area contributed by atoms with Crippen molar-refractivity contribution in [1.29, 1.82) is 0 Å². The molecule has 2 rings (SSSR count). The molecule has 0 radical (unpaired) electrons. The average molecular weight is 276 g/mol. The van der Waals surface area contributed by atoms with Crippen molar-refractivity contribution < 1.29 is 19.5 Å². The Labute approximate surface area is 116 Å². The summed E-state index contributed by atoms with van der Waals surface area (Å²) in [4.78, 5) is 27.7. The maximum atomic E-state index is 12.1. The van der Waals surface area contributed by atoms with Crippen molar-refractivity contribution in [1.82, 2.24) is 0 Å². The van der Waals surface area contributed by atoms with Gasteiger partial charge in [-0.15, -0.1) is 0 Å². The van der Waals surface area contributed by atoms with Gasteiger partial charge in [0.1, 0.15) is 0 Å². The molecular formula is C14H16N2O4. The number of hydrogen-bond acceptors (Lipinski definition) is 4. The molecule has 1 amide bonds. The molecule has 1 atom stereocenters. The van der Waals surface area contributed by atoms with Crippen molar-refractivity contribution in [3.8, 4) is 0 Å². The maximum absolute atomic E-state index is 12.1. The van der Waals surface area contributed by atoms with Crippen molar-refractivity contribution in [3.05, 3.63) is 28.8 Å². The van der Waals surface area contributed by atoms with Crippen LogP contribution in [0.4, 0.5) is 5.69 Å². The van der Waals surface area contributed by atoms with Crippen molar-refractivity contribution in [2.45, 2.75) is 33.3 Å². The lowest BCUT2D eigenvalue weighted by atomic mass is 10.0. The normalized spacial score (nSPS) is 17.4. The first kappa shape index (κ1) is 14.0. The third kappa shape index (κ3) is 2.79. The Morgan fingerprint density at radius 3 is 2.40 bits per heavy atom. The van der Waals surface area contributed by atoms with Crippen LogP contribution in [0.1, 0.15) is 23.1 Å². The van der Waals surface area contributed by atoms with Crippen LogP contribution in [-0.2, 0) is 14.4 Å². The maximum Gasteiger partial charge on any atom is 0.353 e. The van der Waals surface area contributed by atoms with Crippen LogP contribution in [0.2, 0.25) is 0 Å². The lowest BCUT2D eigenvalue weighted by Gasteiger charge is -2.14. The number of carbonyl (C=O) groups is 2. The molecule has 106 valence electrons. The summed E-state index contributed by atoms with van der Waals surface area (Å²) in [6.07, 6.45) is -0.910. The zero-order valence-electron chi connectivity index (χ0n) is 11.6. The Morgan fingerprint density at radius 1 is 1.30 bits per heavy atom. The number of anilines is 1. The van der Waals surface area contributed by atoms with E-state index in [1.165, 1.54) is 0 Å². The molecule has 6 heteroatoms. The first-order chi connectivity index (χ1) is 9.38. The molecule has 1 aliphatic rings. The number of nitrogens with one attached hydrogen (secondary N) is 1. The molecule has 1 unspecified atom stereocenters. The minimum atomic E-state index is -1.16. The van der Waals surface area contributed by atoms with E-state index in [0.29, 0.717) is 0 Å². The number of amides is 1. The molecular weight excluding hydrogens is 260 g/mol. The fourth-order valence-corrected chi connectivity index (χ4v) is 2.23. The van der Waals surface area contributed by atoms with E-state index < -0.39 is 12.1 Å². The number of carbonyl (C=O) groups excluding carboxylic acids is 1. The monoisotopic (exact) mass is 276 g/mol. The van der Waals surface area contributed by atoms with E-state index in [2.05, 4.69) is 10.5 Å². The number of carboxylic acid groups (broad SMARTS) is 1. The Bertz CT molecular complexity index is 584. The fraction of sp³-hybridized carbons (Fsp3) is 0.357. The van der Waals surface area contributed by atoms with E-state index in [1.807, 2.05) is 32.9 Å². The Kier molecular flexibility index (Phi) is 3.74. The predicted octanol–water partition coefficient (Wildman–Crippen LogP) is 1.78. The molecule has 0 fully saturated rings. The summed E-state index contributed by atoms with van der Waals surface area (Å²) in [6, 6.07) is 3.94. The average Bonchev–Trinajstić information content (AvgIpc) is 2.83. The van der Waals surface area contributed by atoms with E-state index in [4.69, 9.17) is 9.94 Å². The number of benzene rings is 1. The van der Waals surface area contributed by atoms with Crippen LogP contribution in [0.15, 0.2) is 17.3 Å². The standard InChI is InChI=1S/C14H16N2O4/c1-7-4-8(2)12(9(3)5-7)15-13(17)11-6-10(14(18)19)16-20-11/h4-5,11H,6H2,1-3H3,(H,15,17)(H,18,19). The van der Waals surface area contributed by atoms with Crippen LogP contribution in [-0.4, -0.2) is 28.8 Å². The molecule has 0 saturated heterocycles. The van der Waals surface area contributed by atoms with Gasteiger partial charge in [0.25, 0.3) is 5.91 Å². The lowest BCUT2D eigenvalue weighted by molar-refractivity contribution is -0.129. The number of oxime groups is 1. The van der Waals surface area contributed by atoms with Crippen LogP contribution in [0.3, 0.4) is 0 Å². The van der Waals surface area contributed by atoms with E-state index in [-0.39, 0.29) is 18.0 Å². The molecule has 2 N–H and O–H groups in total. The lowest BCUT2D eigenvalue weighted by Crippen LogP contribution is -2.29. The van der Waals surface area contributed by atoms with Gasteiger partial charge in [0.05, 0.1) is 0 Å². The quantitative estimate of drug-likeness (QED) is 0.880. The summed E-state index contributed by atoms with van der Waals surface area (Å²) >= 11 is 0. The third-order valence-corrected chi connectivity index (χ3v) is 3.13. The van der Waals surface area contributed by atoms with Crippen LogP contribution < -0.4 is 5.32 Å². The molecule has 1 heterocycles. The van der Waals surface area contributed by atoms with Gasteiger partial charge in [0, 0.05) is 12.1 Å². The number of carboxylic acids is 1. The fourth-order valence-electron chi connectivity index (χ4n) is 2.23. The van der Waals surface area contributed by atoms with Crippen LogP contribution in [0.5, 0.6) is 0 Å². The molecule has 20 heavy (non-hydrogen) atoms. The van der Waals surface area contributed by atoms with Crippen LogP contribution in [0.25, 0.3) is 0 Å². The second-order valence-electron chi connectivity index (χ2n) is 4.90. The first-order valence-corrected chi connectivity index (χ1v) is 6.23. The van der Waals surface area contributed by atoms with Gasteiger partial charge in [-0.3, -0.25) is 4.79 Å². The number of nitrogens with zero attached hydrogens (tertiary/aromatic N) is 1. The number of aryl methyl sites for hydroxylation is 3. The third-order valence-electron chi connectivity index (χ3n) is 3.13. The minimum absolute atomic E-state index is 0.0227. The summed E-state index contributed by atoms with van der Waals surface area (Å²) in [6.45, 7) is 5.80. The van der Waals surface area contributed by atoms with Gasteiger partial charge >= 0.3 is 5.97 Å². The van der Waals surface area contributed by atoms with Gasteiger partial charge in [-0.1, -0.05) is 22.9 Å². The van der Waals surface area contributed by atoms with Gasteiger partial charge in [0.15, 0.2) is 5.71 Å².